The predicted molar refractivity (Wildman–Crippen MR) is 145 cm³/mol. The fourth-order valence-electron chi connectivity index (χ4n) is 4.36. The number of fused-ring (bicyclic) bond motifs is 1. The molecule has 3 aromatic rings. The lowest BCUT2D eigenvalue weighted by atomic mass is 10.0. The van der Waals surface area contributed by atoms with Crippen molar-refractivity contribution in [3.8, 4) is 0 Å². The van der Waals surface area contributed by atoms with Gasteiger partial charge in [-0.3, -0.25) is 4.90 Å². The zero-order valence-corrected chi connectivity index (χ0v) is 23.0. The second-order valence-corrected chi connectivity index (χ2v) is 13.2. The molecule has 0 saturated carbocycles. The largest absolute Gasteiger partial charge is 0.335 e. The molecule has 4 rings (SSSR count). The van der Waals surface area contributed by atoms with E-state index in [0.29, 0.717) is 41.1 Å². The molecular formula is C25H32N4O3S3. The van der Waals surface area contributed by atoms with E-state index < -0.39 is 10.0 Å². The summed E-state index contributed by atoms with van der Waals surface area (Å²) >= 11 is 5.81. The van der Waals surface area contributed by atoms with E-state index in [1.165, 1.54) is 15.6 Å². The molecule has 2 amide bonds. The molecule has 1 N–H and O–H groups in total. The standard InChI is InChI=1S/C25H32N4O3S3/c1-16(2)18-5-8-21(9-6-18)35(31,32)28-13-11-19(12-14-28)26-24(30)29(17(3)4)20-7-10-22-23(15-20)34-25(33)27-22/h5-10,15-17,19H,11-14H2,1-4H3,(H,26,30)(H,27,33). The number of nitrogens with zero attached hydrogens (tertiary/aromatic N) is 3. The number of benzene rings is 2. The van der Waals surface area contributed by atoms with E-state index in [2.05, 4.69) is 36.8 Å². The number of urea groups is 1. The zero-order valence-electron chi connectivity index (χ0n) is 20.4. The molecule has 0 bridgehead atoms. The average molecular weight is 533 g/mol. The SMILES string of the molecule is CC(C)c1ccc(S(=O)(=O)N2CCC(NC(=O)N(c3ccc4nc(S)sc4c3)C(C)C)CC2)cc1. The number of hydrogen-bond acceptors (Lipinski definition) is 6. The van der Waals surface area contributed by atoms with Gasteiger partial charge in [-0.2, -0.15) is 4.31 Å². The lowest BCUT2D eigenvalue weighted by Crippen LogP contribution is -2.51. The second kappa shape index (κ2) is 10.5. The Kier molecular flexibility index (Phi) is 7.75. The van der Waals surface area contributed by atoms with Gasteiger partial charge in [-0.15, -0.1) is 24.0 Å². The maximum absolute atomic E-state index is 13.2. The fraction of sp³-hybridized carbons (Fsp3) is 0.440. The predicted octanol–water partition coefficient (Wildman–Crippen LogP) is 5.49. The molecule has 7 nitrogen and oxygen atoms in total. The summed E-state index contributed by atoms with van der Waals surface area (Å²) in [6, 6.07) is 12.6. The van der Waals surface area contributed by atoms with Crippen molar-refractivity contribution in [2.24, 2.45) is 0 Å². The summed E-state index contributed by atoms with van der Waals surface area (Å²) in [6.45, 7) is 8.86. The van der Waals surface area contributed by atoms with Gasteiger partial charge < -0.3 is 5.32 Å². The first-order valence-electron chi connectivity index (χ1n) is 11.9. The number of rotatable bonds is 6. The van der Waals surface area contributed by atoms with Crippen molar-refractivity contribution in [3.05, 3.63) is 48.0 Å². The van der Waals surface area contributed by atoms with E-state index in [-0.39, 0.29) is 18.1 Å². The number of carbonyl (C=O) groups excluding carboxylic acids is 1. The van der Waals surface area contributed by atoms with E-state index in [9.17, 15) is 13.2 Å². The van der Waals surface area contributed by atoms with E-state index in [4.69, 9.17) is 0 Å². The van der Waals surface area contributed by atoms with Gasteiger partial charge in [0.05, 0.1) is 15.1 Å². The highest BCUT2D eigenvalue weighted by Gasteiger charge is 2.31. The number of carbonyl (C=O) groups is 1. The first kappa shape index (κ1) is 25.9. The van der Waals surface area contributed by atoms with Gasteiger partial charge in [0.25, 0.3) is 0 Å². The number of aromatic nitrogens is 1. The first-order valence-corrected chi connectivity index (χ1v) is 14.6. The van der Waals surface area contributed by atoms with Gasteiger partial charge in [0.15, 0.2) is 0 Å². The summed E-state index contributed by atoms with van der Waals surface area (Å²) in [4.78, 5) is 19.7. The van der Waals surface area contributed by atoms with Gasteiger partial charge in [0, 0.05) is 30.9 Å². The number of sulfonamides is 1. The van der Waals surface area contributed by atoms with Gasteiger partial charge in [-0.25, -0.2) is 18.2 Å². The number of piperidine rings is 1. The highest BCUT2D eigenvalue weighted by molar-refractivity contribution is 7.89. The Bertz CT molecular complexity index is 1300. The quantitative estimate of drug-likeness (QED) is 0.412. The van der Waals surface area contributed by atoms with Crippen molar-refractivity contribution in [2.75, 3.05) is 18.0 Å². The summed E-state index contributed by atoms with van der Waals surface area (Å²) in [5.41, 5.74) is 2.77. The van der Waals surface area contributed by atoms with Crippen LogP contribution in [0, 0.1) is 0 Å². The average Bonchev–Trinajstić information content (AvgIpc) is 3.18. The van der Waals surface area contributed by atoms with Crippen molar-refractivity contribution in [3.63, 3.8) is 0 Å². The number of amides is 2. The van der Waals surface area contributed by atoms with Crippen LogP contribution in [0.5, 0.6) is 0 Å². The highest BCUT2D eigenvalue weighted by Crippen LogP contribution is 2.30. The third kappa shape index (κ3) is 5.66. The molecule has 0 atom stereocenters. The highest BCUT2D eigenvalue weighted by atomic mass is 32.2. The second-order valence-electron chi connectivity index (χ2n) is 9.46. The van der Waals surface area contributed by atoms with E-state index in [0.717, 1.165) is 21.5 Å². The molecule has 1 aliphatic rings. The molecule has 0 unspecified atom stereocenters. The first-order chi connectivity index (χ1) is 16.6. The Morgan fingerprint density at radius 1 is 1.11 bits per heavy atom. The smallest absolute Gasteiger partial charge is 0.322 e. The minimum absolute atomic E-state index is 0.0508. The number of anilines is 1. The van der Waals surface area contributed by atoms with Crippen molar-refractivity contribution in [1.82, 2.24) is 14.6 Å². The Morgan fingerprint density at radius 2 is 1.77 bits per heavy atom. The van der Waals surface area contributed by atoms with Crippen molar-refractivity contribution >= 4 is 55.9 Å². The normalized spacial score (nSPS) is 15.7. The summed E-state index contributed by atoms with van der Waals surface area (Å²) in [5, 5.41) is 3.12. The summed E-state index contributed by atoms with van der Waals surface area (Å²) in [5.74, 6) is 0.348. The maximum atomic E-state index is 13.2. The van der Waals surface area contributed by atoms with Crippen LogP contribution in [0.15, 0.2) is 51.7 Å². The van der Waals surface area contributed by atoms with E-state index in [1.807, 2.05) is 44.2 Å². The number of thiazole rings is 1. The van der Waals surface area contributed by atoms with Crippen LogP contribution in [0.4, 0.5) is 10.5 Å². The molecule has 188 valence electrons. The Balaban J connectivity index is 1.40. The minimum Gasteiger partial charge on any atom is -0.335 e. The summed E-state index contributed by atoms with van der Waals surface area (Å²) < 4.78 is 29.4. The summed E-state index contributed by atoms with van der Waals surface area (Å²) in [6.07, 6.45) is 1.13. The molecule has 0 aliphatic carbocycles. The molecule has 1 saturated heterocycles. The number of nitrogens with one attached hydrogen (secondary N) is 1. The van der Waals surface area contributed by atoms with Crippen molar-refractivity contribution < 1.29 is 13.2 Å². The van der Waals surface area contributed by atoms with Crippen LogP contribution < -0.4 is 10.2 Å². The van der Waals surface area contributed by atoms with Crippen LogP contribution in [0.1, 0.15) is 52.0 Å². The number of hydrogen-bond donors (Lipinski definition) is 2. The van der Waals surface area contributed by atoms with Gasteiger partial charge in [0.1, 0.15) is 4.34 Å². The third-order valence-corrected chi connectivity index (χ3v) is 9.45. The topological polar surface area (TPSA) is 82.6 Å². The van der Waals surface area contributed by atoms with Crippen molar-refractivity contribution in [1.29, 1.82) is 0 Å². The van der Waals surface area contributed by atoms with Gasteiger partial charge >= 0.3 is 6.03 Å². The van der Waals surface area contributed by atoms with E-state index >= 15 is 0 Å². The minimum atomic E-state index is -3.55. The van der Waals surface area contributed by atoms with E-state index in [1.54, 1.807) is 17.0 Å². The van der Waals surface area contributed by atoms with Crippen LogP contribution in [0.3, 0.4) is 0 Å². The van der Waals surface area contributed by atoms with Crippen LogP contribution >= 0.6 is 24.0 Å². The molecule has 0 radical (unpaired) electrons. The Morgan fingerprint density at radius 3 is 2.37 bits per heavy atom. The van der Waals surface area contributed by atoms with Gasteiger partial charge in [-0.05, 0) is 68.5 Å². The maximum Gasteiger partial charge on any atom is 0.322 e. The van der Waals surface area contributed by atoms with Crippen LogP contribution in [-0.4, -0.2) is 48.9 Å². The molecule has 0 spiro atoms. The molecular weight excluding hydrogens is 501 g/mol. The third-order valence-electron chi connectivity index (χ3n) is 6.34. The van der Waals surface area contributed by atoms with Gasteiger partial charge in [0.2, 0.25) is 10.0 Å². The van der Waals surface area contributed by atoms with Crippen molar-refractivity contribution in [2.45, 2.75) is 67.8 Å². The molecule has 1 fully saturated rings. The van der Waals surface area contributed by atoms with Gasteiger partial charge in [-0.1, -0.05) is 26.0 Å². The zero-order chi connectivity index (χ0) is 25.3. The molecule has 1 aromatic heterocycles. The number of thiol groups is 1. The monoisotopic (exact) mass is 532 g/mol. The summed E-state index contributed by atoms with van der Waals surface area (Å²) in [7, 11) is -3.55. The Labute approximate surface area is 217 Å². The van der Waals surface area contributed by atoms with Crippen LogP contribution in [0.25, 0.3) is 10.2 Å². The molecule has 1 aliphatic heterocycles. The molecule has 35 heavy (non-hydrogen) atoms. The van der Waals surface area contributed by atoms with Crippen LogP contribution in [-0.2, 0) is 10.0 Å². The molecule has 10 heteroatoms. The lowest BCUT2D eigenvalue weighted by Gasteiger charge is -2.34. The molecule has 2 heterocycles. The lowest BCUT2D eigenvalue weighted by molar-refractivity contribution is 0.231. The Hall–Kier alpha value is -2.14. The fourth-order valence-corrected chi connectivity index (χ4v) is 6.97. The van der Waals surface area contributed by atoms with Crippen LogP contribution in [0.2, 0.25) is 0 Å². The molecule has 2 aromatic carbocycles.